The van der Waals surface area contributed by atoms with E-state index in [-0.39, 0.29) is 51.0 Å². The first kappa shape index (κ1) is 25.9. The topological polar surface area (TPSA) is 0 Å². The van der Waals surface area contributed by atoms with Gasteiger partial charge in [-0.2, -0.15) is 12.2 Å². The molecule has 0 radical (unpaired) electrons. The van der Waals surface area contributed by atoms with Gasteiger partial charge in [0.25, 0.3) is 0 Å². The van der Waals surface area contributed by atoms with E-state index in [9.17, 15) is 0 Å². The number of halogens is 2. The predicted octanol–water partition coefficient (Wildman–Crippen LogP) is 0.180. The summed E-state index contributed by atoms with van der Waals surface area (Å²) in [7, 11) is -1.73. The van der Waals surface area contributed by atoms with Crippen LogP contribution in [-0.4, -0.2) is 16.1 Å². The largest absolute Gasteiger partial charge is 4.00 e. The van der Waals surface area contributed by atoms with Crippen LogP contribution >= 0.6 is 0 Å². The maximum atomic E-state index is 3.52. The molecule has 0 N–H and O–H groups in total. The van der Waals surface area contributed by atoms with Crippen LogP contribution in [0.1, 0.15) is 39.5 Å². The van der Waals surface area contributed by atoms with Crippen molar-refractivity contribution in [1.29, 1.82) is 0 Å². The molecule has 0 amide bonds. The van der Waals surface area contributed by atoms with Crippen LogP contribution in [-0.2, 0) is 26.2 Å². The zero-order valence-electron chi connectivity index (χ0n) is 15.6. The second-order valence-corrected chi connectivity index (χ2v) is 17.0. The van der Waals surface area contributed by atoms with Crippen molar-refractivity contribution in [3.8, 4) is 0 Å². The Labute approximate surface area is 188 Å². The summed E-state index contributed by atoms with van der Waals surface area (Å²) >= 11 is 0. The van der Waals surface area contributed by atoms with Crippen molar-refractivity contribution in [2.45, 2.75) is 75.8 Å². The van der Waals surface area contributed by atoms with Gasteiger partial charge in [-0.15, -0.1) is 12.8 Å². The monoisotopic (exact) mass is 486 g/mol. The average molecular weight is 489 g/mol. The molecule has 2 fully saturated rings. The Morgan fingerprint density at radius 2 is 1.12 bits per heavy atom. The molecule has 25 heavy (non-hydrogen) atoms. The number of hydrogen-bond donors (Lipinski definition) is 0. The molecule has 0 aromatic carbocycles. The normalized spacial score (nSPS) is 23.3. The van der Waals surface area contributed by atoms with Gasteiger partial charge in [0.2, 0.25) is 0 Å². The standard InChI is InChI=1S/2C10H15Si.2ClH.Zr/c2*1-2-11(8-5-9-11)10-6-3-4-7-10;;;/h2*3,6H,2,4-5,8-9H2,1H3;2*1H;/q2*-1;;;+4/p-2. The molecule has 0 aromatic heterocycles. The van der Waals surface area contributed by atoms with E-state index in [1.165, 1.54) is 49.1 Å². The Kier molecular flexibility index (Phi) is 12.0. The van der Waals surface area contributed by atoms with Gasteiger partial charge in [-0.3, -0.25) is 12.2 Å². The van der Waals surface area contributed by atoms with Crippen molar-refractivity contribution in [3.05, 3.63) is 46.8 Å². The van der Waals surface area contributed by atoms with Crippen LogP contribution in [0.2, 0.25) is 36.3 Å². The maximum absolute atomic E-state index is 3.52. The Morgan fingerprint density at radius 1 is 0.760 bits per heavy atom. The summed E-state index contributed by atoms with van der Waals surface area (Å²) < 4.78 is 0. The zero-order valence-corrected chi connectivity index (χ0v) is 21.6. The van der Waals surface area contributed by atoms with E-state index in [1.807, 2.05) is 0 Å². The molecule has 136 valence electrons. The van der Waals surface area contributed by atoms with E-state index in [4.69, 9.17) is 0 Å². The SMILES string of the molecule is CC[Si]1(C2=[C-]CC=C2)CCC1.CC[Si]1(C2=[C-]CC=C2)CCC1.[Cl-].[Cl-].[Zr+4]. The van der Waals surface area contributed by atoms with E-state index in [0.29, 0.717) is 0 Å². The first-order valence-corrected chi connectivity index (χ1v) is 14.5. The average Bonchev–Trinajstić information content (AvgIpc) is 3.11. The van der Waals surface area contributed by atoms with Gasteiger partial charge in [0.15, 0.2) is 0 Å². The summed E-state index contributed by atoms with van der Waals surface area (Å²) in [6, 6.07) is 9.04. The van der Waals surface area contributed by atoms with Crippen molar-refractivity contribution in [3.63, 3.8) is 0 Å². The van der Waals surface area contributed by atoms with Gasteiger partial charge >= 0.3 is 26.2 Å². The van der Waals surface area contributed by atoms with Gasteiger partial charge in [-0.25, -0.2) is 22.5 Å². The molecule has 0 atom stereocenters. The van der Waals surface area contributed by atoms with Gasteiger partial charge in [0.1, 0.15) is 0 Å². The van der Waals surface area contributed by atoms with Crippen molar-refractivity contribution in [2.75, 3.05) is 0 Å². The third kappa shape index (κ3) is 5.44. The molecule has 5 heteroatoms. The number of hydrogen-bond acceptors (Lipinski definition) is 0. The molecular weight excluding hydrogens is 459 g/mol. The van der Waals surface area contributed by atoms with Gasteiger partial charge in [0.05, 0.1) is 0 Å². The minimum atomic E-state index is -0.865. The van der Waals surface area contributed by atoms with Gasteiger partial charge in [-0.05, 0) is 0 Å². The fourth-order valence-corrected chi connectivity index (χ4v) is 11.9. The molecule has 0 saturated carbocycles. The van der Waals surface area contributed by atoms with E-state index in [2.05, 4.69) is 50.3 Å². The molecule has 0 unspecified atom stereocenters. The summed E-state index contributed by atoms with van der Waals surface area (Å²) in [5.74, 6) is 0. The van der Waals surface area contributed by atoms with E-state index in [1.54, 1.807) is 10.4 Å². The molecule has 2 heterocycles. The summed E-state index contributed by atoms with van der Waals surface area (Å²) in [6.45, 7) is 4.73. The molecule has 0 nitrogen and oxygen atoms in total. The first-order chi connectivity index (χ1) is 10.7. The summed E-state index contributed by atoms with van der Waals surface area (Å²) in [4.78, 5) is 0. The number of rotatable bonds is 4. The summed E-state index contributed by atoms with van der Waals surface area (Å²) in [5.41, 5.74) is 0. The Bertz CT molecular complexity index is 471. The molecule has 2 aliphatic carbocycles. The van der Waals surface area contributed by atoms with E-state index >= 15 is 0 Å². The molecule has 0 bridgehead atoms. The van der Waals surface area contributed by atoms with Gasteiger partial charge in [0, 0.05) is 16.1 Å². The summed E-state index contributed by atoms with van der Waals surface area (Å²) in [6.07, 6.45) is 21.4. The van der Waals surface area contributed by atoms with Crippen molar-refractivity contribution in [2.24, 2.45) is 0 Å². The summed E-state index contributed by atoms with van der Waals surface area (Å²) in [5, 5.41) is 3.29. The Morgan fingerprint density at radius 3 is 1.28 bits per heavy atom. The van der Waals surface area contributed by atoms with Gasteiger partial charge < -0.3 is 24.8 Å². The van der Waals surface area contributed by atoms with E-state index in [0.717, 1.165) is 12.8 Å². The molecule has 2 saturated heterocycles. The molecule has 0 spiro atoms. The zero-order chi connectivity index (χ0) is 15.5. The van der Waals surface area contributed by atoms with E-state index < -0.39 is 16.1 Å². The maximum Gasteiger partial charge on any atom is 4.00 e. The van der Waals surface area contributed by atoms with Crippen molar-refractivity contribution >= 4 is 16.1 Å². The predicted molar refractivity (Wildman–Crippen MR) is 102 cm³/mol. The third-order valence-electron chi connectivity index (χ3n) is 6.51. The van der Waals surface area contributed by atoms with Gasteiger partial charge in [-0.1, -0.05) is 63.0 Å². The molecule has 2 aliphatic heterocycles. The van der Waals surface area contributed by atoms with Crippen LogP contribution in [0, 0.1) is 12.2 Å². The molecule has 4 rings (SSSR count). The quantitative estimate of drug-likeness (QED) is 0.391. The first-order valence-electron chi connectivity index (χ1n) is 9.30. The second-order valence-electron chi connectivity index (χ2n) is 7.37. The van der Waals surface area contributed by atoms with Crippen molar-refractivity contribution < 1.29 is 51.0 Å². The van der Waals surface area contributed by atoms with Crippen molar-refractivity contribution in [1.82, 2.24) is 0 Å². The fourth-order valence-electron chi connectivity index (χ4n) is 4.37. The van der Waals surface area contributed by atoms with Crippen LogP contribution in [0.15, 0.2) is 34.7 Å². The molecular formula is C20H30Cl2Si2Zr. The minimum Gasteiger partial charge on any atom is -1.00 e. The Hall–Kier alpha value is 0.857. The second kappa shape index (κ2) is 11.6. The smallest absolute Gasteiger partial charge is 1.00 e. The van der Waals surface area contributed by atoms with Crippen LogP contribution < -0.4 is 24.8 Å². The molecule has 0 aromatic rings. The fraction of sp³-hybridized carbons (Fsp3) is 0.600. The van der Waals surface area contributed by atoms with Crippen LogP contribution in [0.5, 0.6) is 0 Å². The van der Waals surface area contributed by atoms with Crippen LogP contribution in [0.3, 0.4) is 0 Å². The van der Waals surface area contributed by atoms with Crippen LogP contribution in [0.4, 0.5) is 0 Å². The van der Waals surface area contributed by atoms with Crippen LogP contribution in [0.25, 0.3) is 0 Å². The third-order valence-corrected chi connectivity index (χ3v) is 17.4. The number of allylic oxidation sites excluding steroid dienone is 8. The minimum absolute atomic E-state index is 0. The Balaban J connectivity index is 0.000000411. The molecule has 4 aliphatic rings.